The smallest absolute Gasteiger partial charge is 0.174 e. The molecule has 0 radical (unpaired) electrons. The topological polar surface area (TPSA) is 36.9 Å². The predicted molar refractivity (Wildman–Crippen MR) is 50.0 cm³/mol. The maximum atomic E-state index is 5.88. The number of fused-ring (bicyclic) bond motifs is 3. The number of hydrogen-bond acceptors (Lipinski definition) is 4. The maximum Gasteiger partial charge on any atom is 0.174 e. The zero-order chi connectivity index (χ0) is 10.1. The second-order valence-electron chi connectivity index (χ2n) is 5.44. The van der Waals surface area contributed by atoms with Gasteiger partial charge in [-0.05, 0) is 13.3 Å². The highest BCUT2D eigenvalue weighted by molar-refractivity contribution is 5.22. The summed E-state index contributed by atoms with van der Waals surface area (Å²) < 4.78 is 22.8. The average Bonchev–Trinajstić information content (AvgIpc) is 3.14. The lowest BCUT2D eigenvalue weighted by Crippen LogP contribution is -2.53. The molecule has 84 valence electrons. The molecule has 2 unspecified atom stereocenters. The highest BCUT2D eigenvalue weighted by Crippen LogP contribution is 2.74. The fourth-order valence-corrected chi connectivity index (χ4v) is 2.73. The summed E-state index contributed by atoms with van der Waals surface area (Å²) in [5.41, 5.74) is -0.0488. The summed E-state index contributed by atoms with van der Waals surface area (Å²) in [6.45, 7) is 4.77. The first kappa shape index (κ1) is 8.93. The standard InChI is InChI=1S/C11H16O4/c1-7-12-3-10(4-13-7)5-14-11(15-6-10)8-2-9(8)11/h7-9H,2-6H2,1H3. The highest BCUT2D eigenvalue weighted by Gasteiger charge is 2.81. The normalized spacial score (nSPS) is 61.8. The van der Waals surface area contributed by atoms with E-state index in [1.165, 1.54) is 6.42 Å². The summed E-state index contributed by atoms with van der Waals surface area (Å²) in [6, 6.07) is 0. The first-order valence-electron chi connectivity index (χ1n) is 5.75. The minimum Gasteiger partial charge on any atom is -0.352 e. The third-order valence-electron chi connectivity index (χ3n) is 4.17. The molecular formula is C11H16O4. The van der Waals surface area contributed by atoms with Gasteiger partial charge in [0.05, 0.1) is 31.8 Å². The van der Waals surface area contributed by atoms with E-state index >= 15 is 0 Å². The molecule has 0 aromatic heterocycles. The van der Waals surface area contributed by atoms with Crippen molar-refractivity contribution < 1.29 is 18.9 Å². The first-order valence-corrected chi connectivity index (χ1v) is 5.75. The molecule has 4 rings (SSSR count). The minimum absolute atomic E-state index is 0.0488. The predicted octanol–water partition coefficient (Wildman–Crippen LogP) is 0.758. The summed E-state index contributed by atoms with van der Waals surface area (Å²) in [5.74, 6) is 1.26. The van der Waals surface area contributed by atoms with Crippen molar-refractivity contribution in [3.05, 3.63) is 0 Å². The molecule has 2 spiro atoms. The van der Waals surface area contributed by atoms with Gasteiger partial charge in [0.1, 0.15) is 0 Å². The molecule has 4 nitrogen and oxygen atoms in total. The van der Waals surface area contributed by atoms with Gasteiger partial charge in [-0.15, -0.1) is 0 Å². The van der Waals surface area contributed by atoms with Crippen LogP contribution in [0.2, 0.25) is 0 Å². The molecule has 4 aliphatic rings. The Morgan fingerprint density at radius 2 is 1.53 bits per heavy atom. The highest BCUT2D eigenvalue weighted by atomic mass is 16.7. The fraction of sp³-hybridized carbons (Fsp3) is 1.00. The van der Waals surface area contributed by atoms with Crippen molar-refractivity contribution in [2.75, 3.05) is 26.4 Å². The summed E-state index contributed by atoms with van der Waals surface area (Å²) in [4.78, 5) is 0. The number of ether oxygens (including phenoxy) is 4. The van der Waals surface area contributed by atoms with Crippen LogP contribution in [0.4, 0.5) is 0 Å². The van der Waals surface area contributed by atoms with Crippen molar-refractivity contribution in [1.82, 2.24) is 0 Å². The van der Waals surface area contributed by atoms with Crippen LogP contribution >= 0.6 is 0 Å². The molecule has 0 aromatic rings. The first-order chi connectivity index (χ1) is 7.24. The van der Waals surface area contributed by atoms with Gasteiger partial charge < -0.3 is 18.9 Å². The maximum absolute atomic E-state index is 5.88. The van der Waals surface area contributed by atoms with Gasteiger partial charge in [0.15, 0.2) is 12.1 Å². The SMILES string of the molecule is CC1OCC2(CO1)COC1(OC2)C2CC21. The van der Waals surface area contributed by atoms with Crippen molar-refractivity contribution in [2.45, 2.75) is 25.4 Å². The van der Waals surface area contributed by atoms with Crippen LogP contribution in [-0.4, -0.2) is 38.5 Å². The molecule has 2 aliphatic heterocycles. The van der Waals surface area contributed by atoms with E-state index < -0.39 is 0 Å². The van der Waals surface area contributed by atoms with E-state index in [0.29, 0.717) is 25.0 Å². The van der Waals surface area contributed by atoms with Crippen molar-refractivity contribution in [2.24, 2.45) is 17.3 Å². The van der Waals surface area contributed by atoms with Gasteiger partial charge in [0.25, 0.3) is 0 Å². The van der Waals surface area contributed by atoms with Crippen LogP contribution in [0, 0.1) is 17.3 Å². The van der Waals surface area contributed by atoms with Gasteiger partial charge in [-0.2, -0.15) is 0 Å². The van der Waals surface area contributed by atoms with Crippen LogP contribution in [0.15, 0.2) is 0 Å². The number of rotatable bonds is 0. The summed E-state index contributed by atoms with van der Waals surface area (Å²) in [6.07, 6.45) is 1.22. The van der Waals surface area contributed by atoms with Gasteiger partial charge in [0.2, 0.25) is 0 Å². The van der Waals surface area contributed by atoms with Gasteiger partial charge in [-0.25, -0.2) is 0 Å². The fourth-order valence-electron chi connectivity index (χ4n) is 2.73. The van der Waals surface area contributed by atoms with Crippen molar-refractivity contribution >= 4 is 0 Å². The molecule has 0 N–H and O–H groups in total. The molecule has 4 fully saturated rings. The third-order valence-corrected chi connectivity index (χ3v) is 4.17. The van der Waals surface area contributed by atoms with E-state index in [2.05, 4.69) is 0 Å². The second kappa shape index (κ2) is 2.56. The molecule has 2 atom stereocenters. The van der Waals surface area contributed by atoms with E-state index in [-0.39, 0.29) is 17.5 Å². The molecule has 0 amide bonds. The molecule has 4 heteroatoms. The molecule has 2 aliphatic carbocycles. The second-order valence-corrected chi connectivity index (χ2v) is 5.44. The summed E-state index contributed by atoms with van der Waals surface area (Å²) in [7, 11) is 0. The van der Waals surface area contributed by atoms with Gasteiger partial charge in [-0.1, -0.05) is 0 Å². The van der Waals surface area contributed by atoms with Gasteiger partial charge in [0, 0.05) is 11.8 Å². The average molecular weight is 212 g/mol. The van der Waals surface area contributed by atoms with Gasteiger partial charge in [-0.3, -0.25) is 0 Å². The van der Waals surface area contributed by atoms with Crippen molar-refractivity contribution in [3.63, 3.8) is 0 Å². The van der Waals surface area contributed by atoms with Crippen molar-refractivity contribution in [3.8, 4) is 0 Å². The Hall–Kier alpha value is -0.160. The lowest BCUT2D eigenvalue weighted by Gasteiger charge is -2.44. The minimum atomic E-state index is -0.158. The van der Waals surface area contributed by atoms with Crippen LogP contribution in [0.3, 0.4) is 0 Å². The largest absolute Gasteiger partial charge is 0.352 e. The lowest BCUT2D eigenvalue weighted by atomic mass is 9.90. The Morgan fingerprint density at radius 3 is 2.00 bits per heavy atom. The van der Waals surface area contributed by atoms with Crippen LogP contribution in [0.1, 0.15) is 13.3 Å². The van der Waals surface area contributed by atoms with Crippen LogP contribution in [0.25, 0.3) is 0 Å². The monoisotopic (exact) mass is 212 g/mol. The Kier molecular flexibility index (Phi) is 1.53. The van der Waals surface area contributed by atoms with E-state index in [1.54, 1.807) is 0 Å². The van der Waals surface area contributed by atoms with E-state index in [9.17, 15) is 0 Å². The summed E-state index contributed by atoms with van der Waals surface area (Å²) in [5, 5.41) is 0. The van der Waals surface area contributed by atoms with Crippen LogP contribution < -0.4 is 0 Å². The van der Waals surface area contributed by atoms with Crippen molar-refractivity contribution in [1.29, 1.82) is 0 Å². The van der Waals surface area contributed by atoms with E-state index in [0.717, 1.165) is 13.2 Å². The molecule has 2 heterocycles. The zero-order valence-corrected chi connectivity index (χ0v) is 8.90. The molecular weight excluding hydrogens is 196 g/mol. The molecule has 0 aromatic carbocycles. The Bertz CT molecular complexity index is 275. The third kappa shape index (κ3) is 1.11. The van der Waals surface area contributed by atoms with E-state index in [1.807, 2.05) is 6.92 Å². The molecule has 2 saturated carbocycles. The Labute approximate surface area is 88.8 Å². The Morgan fingerprint density at radius 1 is 0.933 bits per heavy atom. The Balaban J connectivity index is 1.43. The quantitative estimate of drug-likeness (QED) is 0.594. The lowest BCUT2D eigenvalue weighted by molar-refractivity contribution is -0.323. The van der Waals surface area contributed by atoms with Gasteiger partial charge >= 0.3 is 0 Å². The van der Waals surface area contributed by atoms with E-state index in [4.69, 9.17) is 18.9 Å². The molecule has 0 bridgehead atoms. The molecule has 2 saturated heterocycles. The number of hydrogen-bond donors (Lipinski definition) is 0. The molecule has 15 heavy (non-hydrogen) atoms. The zero-order valence-electron chi connectivity index (χ0n) is 8.90. The van der Waals surface area contributed by atoms with Crippen LogP contribution in [-0.2, 0) is 18.9 Å². The van der Waals surface area contributed by atoms with Crippen LogP contribution in [0.5, 0.6) is 0 Å². The summed E-state index contributed by atoms with van der Waals surface area (Å²) >= 11 is 0.